The summed E-state index contributed by atoms with van der Waals surface area (Å²) in [7, 11) is 0. The number of carbonyl (C=O) groups is 3. The molecular weight excluding hydrogens is 372 g/mol. The van der Waals surface area contributed by atoms with Crippen molar-refractivity contribution in [2.75, 3.05) is 29.9 Å². The first-order valence-electron chi connectivity index (χ1n) is 8.14. The fourth-order valence-electron chi connectivity index (χ4n) is 3.10. The van der Waals surface area contributed by atoms with Gasteiger partial charge >= 0.3 is 12.2 Å². The third-order valence-electron chi connectivity index (χ3n) is 4.68. The van der Waals surface area contributed by atoms with Crippen LogP contribution in [0.5, 0.6) is 0 Å². The number of alkyl halides is 3. The Balaban J connectivity index is 1.85. The second-order valence-corrected chi connectivity index (χ2v) is 6.38. The number of nitrogens with one attached hydrogen (secondary N) is 3. The number of carbonyl (C=O) groups excluding carboxylic acids is 3. The molecule has 2 saturated heterocycles. The molecule has 1 aromatic carbocycles. The van der Waals surface area contributed by atoms with E-state index in [0.29, 0.717) is 0 Å². The van der Waals surface area contributed by atoms with Gasteiger partial charge in [0.15, 0.2) is 5.41 Å². The van der Waals surface area contributed by atoms with Gasteiger partial charge in [0.2, 0.25) is 11.8 Å². The predicted octanol–water partition coefficient (Wildman–Crippen LogP) is 1.75. The van der Waals surface area contributed by atoms with E-state index in [2.05, 4.69) is 10.6 Å². The smallest absolute Gasteiger partial charge is 0.325 e. The Morgan fingerprint density at radius 1 is 1.26 bits per heavy atom. The summed E-state index contributed by atoms with van der Waals surface area (Å²) in [5, 5.41) is 6.73. The molecule has 1 aromatic rings. The number of amides is 4. The number of benzene rings is 1. The number of halogens is 4. The van der Waals surface area contributed by atoms with Gasteiger partial charge in [0, 0.05) is 25.2 Å². The minimum Gasteiger partial charge on any atom is -0.325 e. The van der Waals surface area contributed by atoms with Crippen LogP contribution in [0.3, 0.4) is 0 Å². The second-order valence-electron chi connectivity index (χ2n) is 6.38. The average Bonchev–Trinajstić information content (AvgIpc) is 3.08. The standard InChI is InChI=1S/C16H16F4N4O3/c17-10-2-1-9(7-11(10)24-6-3-12(25)23-14(24)27)22-13(26)15(16(18,19)20)4-5-21-8-15/h1-2,7,21H,3-6,8H2,(H,22,26)(H,23,25,27). The summed E-state index contributed by atoms with van der Waals surface area (Å²) in [5.74, 6) is -2.58. The van der Waals surface area contributed by atoms with Crippen molar-refractivity contribution in [3.8, 4) is 0 Å². The molecule has 2 aliphatic rings. The molecule has 2 fully saturated rings. The van der Waals surface area contributed by atoms with Gasteiger partial charge in [0.25, 0.3) is 0 Å². The molecule has 4 amide bonds. The Hall–Kier alpha value is -2.69. The van der Waals surface area contributed by atoms with Crippen molar-refractivity contribution in [1.82, 2.24) is 10.6 Å². The van der Waals surface area contributed by atoms with E-state index in [9.17, 15) is 31.9 Å². The van der Waals surface area contributed by atoms with Gasteiger partial charge in [-0.2, -0.15) is 13.2 Å². The molecule has 7 nitrogen and oxygen atoms in total. The summed E-state index contributed by atoms with van der Waals surface area (Å²) in [5.41, 5.74) is -2.91. The van der Waals surface area contributed by atoms with E-state index >= 15 is 0 Å². The Labute approximate surface area is 151 Å². The van der Waals surface area contributed by atoms with Gasteiger partial charge in [0.05, 0.1) is 5.69 Å². The molecule has 3 N–H and O–H groups in total. The summed E-state index contributed by atoms with van der Waals surface area (Å²) in [6, 6.07) is 2.26. The van der Waals surface area contributed by atoms with Crippen LogP contribution >= 0.6 is 0 Å². The van der Waals surface area contributed by atoms with Gasteiger partial charge in [-0.25, -0.2) is 9.18 Å². The molecule has 0 bridgehead atoms. The highest BCUT2D eigenvalue weighted by Gasteiger charge is 2.61. The third kappa shape index (κ3) is 3.46. The lowest BCUT2D eigenvalue weighted by Gasteiger charge is -2.30. The highest BCUT2D eigenvalue weighted by atomic mass is 19.4. The maximum atomic E-state index is 14.1. The molecule has 3 rings (SSSR count). The number of anilines is 2. The summed E-state index contributed by atoms with van der Waals surface area (Å²) >= 11 is 0. The normalized spacial score (nSPS) is 23.3. The Kier molecular flexibility index (Phi) is 4.81. The number of hydrogen-bond donors (Lipinski definition) is 3. The molecule has 2 heterocycles. The van der Waals surface area contributed by atoms with E-state index in [1.165, 1.54) is 0 Å². The summed E-state index contributed by atoms with van der Waals surface area (Å²) < 4.78 is 54.4. The van der Waals surface area contributed by atoms with Gasteiger partial charge in [-0.15, -0.1) is 0 Å². The van der Waals surface area contributed by atoms with E-state index in [1.54, 1.807) is 0 Å². The molecule has 0 aromatic heterocycles. The monoisotopic (exact) mass is 388 g/mol. The number of imide groups is 1. The van der Waals surface area contributed by atoms with Crippen molar-refractivity contribution < 1.29 is 31.9 Å². The molecule has 0 radical (unpaired) electrons. The molecule has 1 unspecified atom stereocenters. The van der Waals surface area contributed by atoms with Crippen molar-refractivity contribution >= 4 is 29.2 Å². The van der Waals surface area contributed by atoms with Crippen LogP contribution in [0.15, 0.2) is 18.2 Å². The maximum absolute atomic E-state index is 14.1. The lowest BCUT2D eigenvalue weighted by molar-refractivity contribution is -0.213. The van der Waals surface area contributed by atoms with E-state index in [0.717, 1.165) is 23.1 Å². The minimum absolute atomic E-state index is 0.0452. The van der Waals surface area contributed by atoms with Gasteiger partial charge in [-0.3, -0.25) is 19.8 Å². The first-order valence-corrected chi connectivity index (χ1v) is 8.14. The fraction of sp³-hybridized carbons (Fsp3) is 0.438. The predicted molar refractivity (Wildman–Crippen MR) is 86.5 cm³/mol. The zero-order valence-electron chi connectivity index (χ0n) is 14.0. The Morgan fingerprint density at radius 2 is 2.00 bits per heavy atom. The molecule has 0 aliphatic carbocycles. The first kappa shape index (κ1) is 19.1. The van der Waals surface area contributed by atoms with Crippen LogP contribution in [0.1, 0.15) is 12.8 Å². The Morgan fingerprint density at radius 3 is 2.59 bits per heavy atom. The molecule has 2 aliphatic heterocycles. The number of urea groups is 1. The van der Waals surface area contributed by atoms with Crippen LogP contribution in [0.2, 0.25) is 0 Å². The van der Waals surface area contributed by atoms with Crippen LogP contribution in [0.25, 0.3) is 0 Å². The van der Waals surface area contributed by atoms with Crippen LogP contribution in [-0.4, -0.2) is 43.7 Å². The lowest BCUT2D eigenvalue weighted by Crippen LogP contribution is -2.50. The van der Waals surface area contributed by atoms with Gasteiger partial charge in [0.1, 0.15) is 5.82 Å². The second kappa shape index (κ2) is 6.80. The van der Waals surface area contributed by atoms with Gasteiger partial charge in [-0.1, -0.05) is 0 Å². The SMILES string of the molecule is O=C1CCN(c2cc(NC(=O)C3(C(F)(F)F)CCNC3)ccc2F)C(=O)N1. The van der Waals surface area contributed by atoms with E-state index < -0.39 is 48.2 Å². The highest BCUT2D eigenvalue weighted by Crippen LogP contribution is 2.44. The first-order chi connectivity index (χ1) is 12.6. The van der Waals surface area contributed by atoms with Crippen LogP contribution in [0, 0.1) is 11.2 Å². The van der Waals surface area contributed by atoms with Crippen LogP contribution in [0.4, 0.5) is 33.7 Å². The van der Waals surface area contributed by atoms with Gasteiger partial charge in [-0.05, 0) is 31.2 Å². The largest absolute Gasteiger partial charge is 0.404 e. The van der Waals surface area contributed by atoms with Crippen molar-refractivity contribution in [3.05, 3.63) is 24.0 Å². The fourth-order valence-corrected chi connectivity index (χ4v) is 3.10. The van der Waals surface area contributed by atoms with Crippen LogP contribution in [-0.2, 0) is 9.59 Å². The number of hydrogen-bond acceptors (Lipinski definition) is 4. The zero-order valence-corrected chi connectivity index (χ0v) is 14.0. The highest BCUT2D eigenvalue weighted by molar-refractivity contribution is 6.06. The molecule has 11 heteroatoms. The molecule has 1 atom stereocenters. The summed E-state index contributed by atoms with van der Waals surface area (Å²) in [6.07, 6.45) is -5.21. The molecule has 0 spiro atoms. The molecule has 27 heavy (non-hydrogen) atoms. The van der Waals surface area contributed by atoms with Crippen molar-refractivity contribution in [2.45, 2.75) is 19.0 Å². The maximum Gasteiger partial charge on any atom is 0.404 e. The van der Waals surface area contributed by atoms with Crippen molar-refractivity contribution in [1.29, 1.82) is 0 Å². The molecular formula is C16H16F4N4O3. The van der Waals surface area contributed by atoms with E-state index in [1.807, 2.05) is 5.32 Å². The Bertz CT molecular complexity index is 790. The van der Waals surface area contributed by atoms with Crippen molar-refractivity contribution in [2.24, 2.45) is 5.41 Å². The van der Waals surface area contributed by atoms with Crippen LogP contribution < -0.4 is 20.9 Å². The third-order valence-corrected chi connectivity index (χ3v) is 4.68. The quantitative estimate of drug-likeness (QED) is 0.689. The van der Waals surface area contributed by atoms with Gasteiger partial charge < -0.3 is 10.6 Å². The van der Waals surface area contributed by atoms with E-state index in [-0.39, 0.29) is 30.9 Å². The molecule has 0 saturated carbocycles. The summed E-state index contributed by atoms with van der Waals surface area (Å²) in [4.78, 5) is 36.4. The lowest BCUT2D eigenvalue weighted by atomic mass is 9.85. The van der Waals surface area contributed by atoms with E-state index in [4.69, 9.17) is 0 Å². The summed E-state index contributed by atoms with van der Waals surface area (Å²) in [6.45, 7) is -0.591. The minimum atomic E-state index is -4.75. The van der Waals surface area contributed by atoms with Crippen molar-refractivity contribution in [3.63, 3.8) is 0 Å². The number of nitrogens with zero attached hydrogens (tertiary/aromatic N) is 1. The zero-order chi connectivity index (χ0) is 19.8. The number of rotatable bonds is 3. The average molecular weight is 388 g/mol. The topological polar surface area (TPSA) is 90.5 Å². The molecule has 146 valence electrons.